The lowest BCUT2D eigenvalue weighted by Crippen LogP contribution is -2.50. The molecule has 2 aliphatic heterocycles. The van der Waals surface area contributed by atoms with Crippen LogP contribution in [0.25, 0.3) is 0 Å². The molecular formula is C19H22N4O2. The van der Waals surface area contributed by atoms with Gasteiger partial charge in [0.25, 0.3) is 0 Å². The number of nitrogens with zero attached hydrogens (tertiary/aromatic N) is 3. The quantitative estimate of drug-likeness (QED) is 0.915. The minimum absolute atomic E-state index is 0.0405. The SMILES string of the molecule is C[C@H]1Cc2cc(NC(=O)N3CCN(c4ccncc4)CC3)ccc2O1. The number of fused-ring (bicyclic) bond motifs is 1. The van der Waals surface area contributed by atoms with Gasteiger partial charge in [0, 0.05) is 56.4 Å². The standard InChI is InChI=1S/C19H22N4O2/c1-14-12-15-13-16(2-3-18(15)25-14)21-19(24)23-10-8-22(9-11-23)17-4-6-20-7-5-17/h2-7,13-14H,8-12H2,1H3,(H,21,24)/t14-/m0/s1. The molecule has 2 aliphatic rings. The molecular weight excluding hydrogens is 316 g/mol. The first kappa shape index (κ1) is 15.7. The fourth-order valence-electron chi connectivity index (χ4n) is 3.42. The summed E-state index contributed by atoms with van der Waals surface area (Å²) in [5, 5.41) is 3.01. The number of amides is 2. The highest BCUT2D eigenvalue weighted by Crippen LogP contribution is 2.31. The van der Waals surface area contributed by atoms with Crippen molar-refractivity contribution in [3.8, 4) is 5.75 Å². The summed E-state index contributed by atoms with van der Waals surface area (Å²) in [5.74, 6) is 0.927. The number of nitrogens with one attached hydrogen (secondary N) is 1. The van der Waals surface area contributed by atoms with Gasteiger partial charge in [-0.1, -0.05) is 0 Å². The van der Waals surface area contributed by atoms with Crippen molar-refractivity contribution in [3.63, 3.8) is 0 Å². The number of anilines is 2. The van der Waals surface area contributed by atoms with Gasteiger partial charge in [-0.15, -0.1) is 0 Å². The second kappa shape index (κ2) is 6.63. The topological polar surface area (TPSA) is 57.7 Å². The average molecular weight is 338 g/mol. The Kier molecular flexibility index (Phi) is 4.17. The monoisotopic (exact) mass is 338 g/mol. The Hall–Kier alpha value is -2.76. The number of rotatable bonds is 2. The molecule has 6 heteroatoms. The van der Waals surface area contributed by atoms with Gasteiger partial charge in [-0.3, -0.25) is 4.98 Å². The third-order valence-corrected chi connectivity index (χ3v) is 4.74. The third-order valence-electron chi connectivity index (χ3n) is 4.74. The number of hydrogen-bond donors (Lipinski definition) is 1. The van der Waals surface area contributed by atoms with E-state index in [0.29, 0.717) is 13.1 Å². The first-order chi connectivity index (χ1) is 12.2. The Morgan fingerprint density at radius 2 is 1.92 bits per heavy atom. The fourth-order valence-corrected chi connectivity index (χ4v) is 3.42. The van der Waals surface area contributed by atoms with E-state index in [9.17, 15) is 4.79 Å². The number of pyridine rings is 1. The van der Waals surface area contributed by atoms with Crippen molar-refractivity contribution in [2.24, 2.45) is 0 Å². The lowest BCUT2D eigenvalue weighted by atomic mass is 10.1. The second-order valence-electron chi connectivity index (χ2n) is 6.56. The average Bonchev–Trinajstić information content (AvgIpc) is 3.02. The normalized spacial score (nSPS) is 19.3. The van der Waals surface area contributed by atoms with E-state index in [1.807, 2.05) is 35.2 Å². The van der Waals surface area contributed by atoms with Gasteiger partial charge in [0.15, 0.2) is 0 Å². The molecule has 1 aromatic heterocycles. The maximum Gasteiger partial charge on any atom is 0.321 e. The predicted octanol–water partition coefficient (Wildman–Crippen LogP) is 2.76. The van der Waals surface area contributed by atoms with Crippen LogP contribution < -0.4 is 15.0 Å². The summed E-state index contributed by atoms with van der Waals surface area (Å²) in [6, 6.07) is 9.83. The van der Waals surface area contributed by atoms with Crippen LogP contribution >= 0.6 is 0 Å². The van der Waals surface area contributed by atoms with Gasteiger partial charge in [0.2, 0.25) is 0 Å². The molecule has 1 saturated heterocycles. The largest absolute Gasteiger partial charge is 0.490 e. The third kappa shape index (κ3) is 3.38. The summed E-state index contributed by atoms with van der Waals surface area (Å²) in [5.41, 5.74) is 3.15. The van der Waals surface area contributed by atoms with Gasteiger partial charge >= 0.3 is 6.03 Å². The molecule has 0 radical (unpaired) electrons. The highest BCUT2D eigenvalue weighted by atomic mass is 16.5. The van der Waals surface area contributed by atoms with E-state index in [4.69, 9.17) is 4.74 Å². The van der Waals surface area contributed by atoms with Gasteiger partial charge in [-0.25, -0.2) is 4.79 Å². The van der Waals surface area contributed by atoms with E-state index >= 15 is 0 Å². The van der Waals surface area contributed by atoms with Crippen molar-refractivity contribution in [3.05, 3.63) is 48.3 Å². The number of hydrogen-bond acceptors (Lipinski definition) is 4. The smallest absolute Gasteiger partial charge is 0.321 e. The summed E-state index contributed by atoms with van der Waals surface area (Å²) in [7, 11) is 0. The van der Waals surface area contributed by atoms with E-state index in [1.54, 1.807) is 12.4 Å². The van der Waals surface area contributed by atoms with Crippen LogP contribution in [0.4, 0.5) is 16.2 Å². The number of ether oxygens (including phenoxy) is 1. The summed E-state index contributed by atoms with van der Waals surface area (Å²) >= 11 is 0. The Morgan fingerprint density at radius 3 is 2.68 bits per heavy atom. The molecule has 0 aliphatic carbocycles. The molecule has 130 valence electrons. The summed E-state index contributed by atoms with van der Waals surface area (Å²) < 4.78 is 5.70. The second-order valence-corrected chi connectivity index (χ2v) is 6.56. The van der Waals surface area contributed by atoms with Gasteiger partial charge in [0.05, 0.1) is 0 Å². The Morgan fingerprint density at radius 1 is 1.16 bits per heavy atom. The van der Waals surface area contributed by atoms with Crippen molar-refractivity contribution in [1.82, 2.24) is 9.88 Å². The van der Waals surface area contributed by atoms with E-state index in [2.05, 4.69) is 22.1 Å². The molecule has 3 heterocycles. The van der Waals surface area contributed by atoms with Crippen molar-refractivity contribution in [2.45, 2.75) is 19.4 Å². The van der Waals surface area contributed by atoms with Crippen LogP contribution in [0.15, 0.2) is 42.7 Å². The number of piperazine rings is 1. The maximum absolute atomic E-state index is 12.5. The molecule has 4 rings (SSSR count). The number of aromatic nitrogens is 1. The van der Waals surface area contributed by atoms with Gasteiger partial charge in [0.1, 0.15) is 11.9 Å². The maximum atomic E-state index is 12.5. The van der Waals surface area contributed by atoms with Crippen molar-refractivity contribution in [1.29, 1.82) is 0 Å². The van der Waals surface area contributed by atoms with Crippen LogP contribution in [0.3, 0.4) is 0 Å². The minimum Gasteiger partial charge on any atom is -0.490 e. The molecule has 0 unspecified atom stereocenters. The van der Waals surface area contributed by atoms with Crippen LogP contribution in [0.2, 0.25) is 0 Å². The zero-order chi connectivity index (χ0) is 17.2. The Labute approximate surface area is 147 Å². The van der Waals surface area contributed by atoms with Crippen LogP contribution in [-0.2, 0) is 6.42 Å². The number of carbonyl (C=O) groups is 1. The lowest BCUT2D eigenvalue weighted by Gasteiger charge is -2.36. The van der Waals surface area contributed by atoms with Gasteiger partial charge in [-0.2, -0.15) is 0 Å². The molecule has 25 heavy (non-hydrogen) atoms. The Bertz CT molecular complexity index is 757. The highest BCUT2D eigenvalue weighted by molar-refractivity contribution is 5.89. The molecule has 2 amide bonds. The van der Waals surface area contributed by atoms with Crippen molar-refractivity contribution in [2.75, 3.05) is 36.4 Å². The zero-order valence-corrected chi connectivity index (χ0v) is 14.3. The molecule has 1 fully saturated rings. The summed E-state index contributed by atoms with van der Waals surface area (Å²) in [4.78, 5) is 20.7. The lowest BCUT2D eigenvalue weighted by molar-refractivity contribution is 0.208. The van der Waals surface area contributed by atoms with Crippen molar-refractivity contribution >= 4 is 17.4 Å². The van der Waals surface area contributed by atoms with E-state index in [1.165, 1.54) is 0 Å². The number of urea groups is 1. The van der Waals surface area contributed by atoms with E-state index in [-0.39, 0.29) is 12.1 Å². The fraction of sp³-hybridized carbons (Fsp3) is 0.368. The van der Waals surface area contributed by atoms with Crippen LogP contribution in [-0.4, -0.2) is 48.2 Å². The van der Waals surface area contributed by atoms with Gasteiger partial charge in [-0.05, 0) is 42.8 Å². The number of benzene rings is 1. The highest BCUT2D eigenvalue weighted by Gasteiger charge is 2.23. The molecule has 6 nitrogen and oxygen atoms in total. The number of carbonyl (C=O) groups excluding carboxylic acids is 1. The van der Waals surface area contributed by atoms with E-state index in [0.717, 1.165) is 42.2 Å². The molecule has 0 spiro atoms. The molecule has 1 N–H and O–H groups in total. The van der Waals surface area contributed by atoms with E-state index < -0.39 is 0 Å². The molecule has 2 aromatic rings. The van der Waals surface area contributed by atoms with Gasteiger partial charge < -0.3 is 19.9 Å². The first-order valence-electron chi connectivity index (χ1n) is 8.69. The molecule has 1 aromatic carbocycles. The Balaban J connectivity index is 1.35. The predicted molar refractivity (Wildman–Crippen MR) is 97.3 cm³/mol. The molecule has 0 saturated carbocycles. The first-order valence-corrected chi connectivity index (χ1v) is 8.69. The van der Waals surface area contributed by atoms with Crippen LogP contribution in [0.1, 0.15) is 12.5 Å². The molecule has 0 bridgehead atoms. The summed E-state index contributed by atoms with van der Waals surface area (Å²) in [6.07, 6.45) is 4.70. The summed E-state index contributed by atoms with van der Waals surface area (Å²) in [6.45, 7) is 5.12. The van der Waals surface area contributed by atoms with Crippen LogP contribution in [0, 0.1) is 0 Å². The van der Waals surface area contributed by atoms with Crippen molar-refractivity contribution < 1.29 is 9.53 Å². The van der Waals surface area contributed by atoms with Crippen LogP contribution in [0.5, 0.6) is 5.75 Å². The molecule has 1 atom stereocenters. The minimum atomic E-state index is -0.0405. The zero-order valence-electron chi connectivity index (χ0n) is 14.3.